The molecule has 1 aliphatic rings. The first-order valence-corrected chi connectivity index (χ1v) is 13.4. The standard InChI is InChI=1S/C26H33N5O4S/c1-26(2,3)30-36(34,35)22-11-9-21(10-12-22)28-25(33)23(17-19-7-5-4-6-8-19)29-24(32)20-13-15-31(18-27)16-14-20/h4-12,20,23,30H,13-17H2,1-3H3,(H,28,33)(H,29,32)/t23-/m0/s1. The van der Waals surface area contributed by atoms with Gasteiger partial charge in [0, 0.05) is 36.7 Å². The minimum Gasteiger partial charge on any atom is -0.344 e. The highest BCUT2D eigenvalue weighted by Gasteiger charge is 2.29. The zero-order valence-electron chi connectivity index (χ0n) is 20.8. The number of hydrogen-bond acceptors (Lipinski definition) is 6. The highest BCUT2D eigenvalue weighted by atomic mass is 32.2. The number of carbonyl (C=O) groups is 2. The summed E-state index contributed by atoms with van der Waals surface area (Å²) in [6.07, 6.45) is 3.51. The van der Waals surface area contributed by atoms with Crippen molar-refractivity contribution in [1.82, 2.24) is 14.9 Å². The highest BCUT2D eigenvalue weighted by Crippen LogP contribution is 2.19. The summed E-state index contributed by atoms with van der Waals surface area (Å²) in [6, 6.07) is 14.5. The number of nitrogens with one attached hydrogen (secondary N) is 3. The van der Waals surface area contributed by atoms with Crippen molar-refractivity contribution in [2.75, 3.05) is 18.4 Å². The van der Waals surface area contributed by atoms with Crippen molar-refractivity contribution in [2.45, 2.75) is 56.5 Å². The summed E-state index contributed by atoms with van der Waals surface area (Å²) in [7, 11) is -3.70. The highest BCUT2D eigenvalue weighted by molar-refractivity contribution is 7.89. The Kier molecular flexibility index (Phi) is 8.71. The van der Waals surface area contributed by atoms with Gasteiger partial charge in [0.25, 0.3) is 0 Å². The van der Waals surface area contributed by atoms with E-state index in [1.54, 1.807) is 25.7 Å². The second kappa shape index (κ2) is 11.5. The minimum atomic E-state index is -3.70. The van der Waals surface area contributed by atoms with Gasteiger partial charge in [0.2, 0.25) is 21.8 Å². The van der Waals surface area contributed by atoms with Gasteiger partial charge in [-0.25, -0.2) is 13.1 Å². The Labute approximate surface area is 212 Å². The molecule has 36 heavy (non-hydrogen) atoms. The van der Waals surface area contributed by atoms with Crippen molar-refractivity contribution in [3.8, 4) is 6.19 Å². The van der Waals surface area contributed by atoms with Crippen LogP contribution in [0, 0.1) is 17.4 Å². The number of carbonyl (C=O) groups excluding carboxylic acids is 2. The number of nitriles is 1. The molecule has 2 aromatic rings. The van der Waals surface area contributed by atoms with E-state index in [0.717, 1.165) is 5.56 Å². The number of anilines is 1. The number of benzene rings is 2. The predicted octanol–water partition coefficient (Wildman–Crippen LogP) is 2.62. The molecule has 0 aromatic heterocycles. The van der Waals surface area contributed by atoms with Crippen molar-refractivity contribution in [2.24, 2.45) is 5.92 Å². The first-order chi connectivity index (χ1) is 17.0. The third-order valence-corrected chi connectivity index (χ3v) is 7.57. The van der Waals surface area contributed by atoms with E-state index in [1.165, 1.54) is 24.3 Å². The molecule has 1 saturated heterocycles. The van der Waals surface area contributed by atoms with Crippen LogP contribution in [0.25, 0.3) is 0 Å². The normalized spacial score (nSPS) is 15.6. The lowest BCUT2D eigenvalue weighted by Gasteiger charge is -2.28. The molecular weight excluding hydrogens is 478 g/mol. The van der Waals surface area contributed by atoms with Gasteiger partial charge in [-0.05, 0) is 63.4 Å². The maximum absolute atomic E-state index is 13.2. The number of hydrogen-bond donors (Lipinski definition) is 3. The topological polar surface area (TPSA) is 131 Å². The largest absolute Gasteiger partial charge is 0.344 e. The van der Waals surface area contributed by atoms with Crippen molar-refractivity contribution in [3.63, 3.8) is 0 Å². The monoisotopic (exact) mass is 511 g/mol. The molecule has 10 heteroatoms. The Morgan fingerprint density at radius 2 is 1.67 bits per heavy atom. The van der Waals surface area contributed by atoms with Crippen LogP contribution in [0.1, 0.15) is 39.2 Å². The molecule has 1 aliphatic heterocycles. The summed E-state index contributed by atoms with van der Waals surface area (Å²) >= 11 is 0. The van der Waals surface area contributed by atoms with Crippen molar-refractivity contribution in [3.05, 3.63) is 60.2 Å². The Bertz CT molecular complexity index is 1190. The van der Waals surface area contributed by atoms with Gasteiger partial charge in [-0.3, -0.25) is 9.59 Å². The fraction of sp³-hybridized carbons (Fsp3) is 0.423. The summed E-state index contributed by atoms with van der Waals surface area (Å²) in [5, 5.41) is 14.7. The number of piperidine rings is 1. The Morgan fingerprint density at radius 3 is 2.22 bits per heavy atom. The van der Waals surface area contributed by atoms with E-state index in [2.05, 4.69) is 21.5 Å². The molecule has 0 bridgehead atoms. The molecule has 192 valence electrons. The number of sulfonamides is 1. The maximum Gasteiger partial charge on any atom is 0.247 e. The molecule has 0 radical (unpaired) electrons. The molecule has 2 aromatic carbocycles. The van der Waals surface area contributed by atoms with E-state index in [4.69, 9.17) is 5.26 Å². The van der Waals surface area contributed by atoms with E-state index in [0.29, 0.717) is 38.0 Å². The number of amides is 2. The summed E-state index contributed by atoms with van der Waals surface area (Å²) in [5.41, 5.74) is 0.691. The van der Waals surface area contributed by atoms with Crippen molar-refractivity contribution in [1.29, 1.82) is 5.26 Å². The fourth-order valence-corrected chi connectivity index (χ4v) is 5.42. The molecule has 2 amide bonds. The van der Waals surface area contributed by atoms with E-state index in [-0.39, 0.29) is 16.7 Å². The zero-order chi connectivity index (χ0) is 26.3. The summed E-state index contributed by atoms with van der Waals surface area (Å²) in [6.45, 7) is 6.31. The Morgan fingerprint density at radius 1 is 1.06 bits per heavy atom. The van der Waals surface area contributed by atoms with Gasteiger partial charge in [0.1, 0.15) is 6.04 Å². The van der Waals surface area contributed by atoms with Crippen molar-refractivity contribution >= 4 is 27.5 Å². The first-order valence-electron chi connectivity index (χ1n) is 11.9. The van der Waals surface area contributed by atoms with Gasteiger partial charge in [-0.2, -0.15) is 5.26 Å². The van der Waals surface area contributed by atoms with E-state index in [1.807, 2.05) is 30.3 Å². The zero-order valence-corrected chi connectivity index (χ0v) is 21.6. The lowest BCUT2D eigenvalue weighted by atomic mass is 9.95. The molecule has 9 nitrogen and oxygen atoms in total. The first kappa shape index (κ1) is 27.2. The third-order valence-electron chi connectivity index (χ3n) is 5.80. The molecular formula is C26H33N5O4S. The summed E-state index contributed by atoms with van der Waals surface area (Å²) in [4.78, 5) is 27.9. The summed E-state index contributed by atoms with van der Waals surface area (Å²) in [5.74, 6) is -0.871. The SMILES string of the molecule is CC(C)(C)NS(=O)(=O)c1ccc(NC(=O)[C@H](Cc2ccccc2)NC(=O)C2CCN(C#N)CC2)cc1. The Hall–Kier alpha value is -3.42. The van der Waals surface area contributed by atoms with E-state index < -0.39 is 27.5 Å². The van der Waals surface area contributed by atoms with Crippen LogP contribution in [0.5, 0.6) is 0 Å². The molecule has 1 heterocycles. The van der Waals surface area contributed by atoms with Crippen LogP contribution in [0.3, 0.4) is 0 Å². The number of nitrogens with zero attached hydrogens (tertiary/aromatic N) is 2. The number of likely N-dealkylation sites (tertiary alicyclic amines) is 1. The molecule has 3 rings (SSSR count). The van der Waals surface area contributed by atoms with Gasteiger partial charge < -0.3 is 15.5 Å². The van der Waals surface area contributed by atoms with Gasteiger partial charge in [-0.1, -0.05) is 30.3 Å². The fourth-order valence-electron chi connectivity index (χ4n) is 4.00. The van der Waals surface area contributed by atoms with Crippen LogP contribution in [-0.4, -0.2) is 49.8 Å². The van der Waals surface area contributed by atoms with Crippen LogP contribution in [-0.2, 0) is 26.0 Å². The average Bonchev–Trinajstić information content (AvgIpc) is 2.83. The predicted molar refractivity (Wildman–Crippen MR) is 137 cm³/mol. The van der Waals surface area contributed by atoms with Crippen LogP contribution >= 0.6 is 0 Å². The molecule has 0 saturated carbocycles. The molecule has 3 N–H and O–H groups in total. The smallest absolute Gasteiger partial charge is 0.247 e. The lowest BCUT2D eigenvalue weighted by molar-refractivity contribution is -0.130. The van der Waals surface area contributed by atoms with Crippen LogP contribution < -0.4 is 15.4 Å². The van der Waals surface area contributed by atoms with Crippen LogP contribution in [0.2, 0.25) is 0 Å². The third kappa shape index (κ3) is 7.80. The summed E-state index contributed by atoms with van der Waals surface area (Å²) < 4.78 is 27.7. The maximum atomic E-state index is 13.2. The Balaban J connectivity index is 1.71. The lowest BCUT2D eigenvalue weighted by Crippen LogP contribution is -2.48. The molecule has 1 fully saturated rings. The molecule has 0 spiro atoms. The van der Waals surface area contributed by atoms with E-state index in [9.17, 15) is 18.0 Å². The van der Waals surface area contributed by atoms with Gasteiger partial charge in [0.05, 0.1) is 4.90 Å². The van der Waals surface area contributed by atoms with E-state index >= 15 is 0 Å². The quantitative estimate of drug-likeness (QED) is 0.467. The van der Waals surface area contributed by atoms with Crippen LogP contribution in [0.4, 0.5) is 5.69 Å². The van der Waals surface area contributed by atoms with Gasteiger partial charge in [0.15, 0.2) is 6.19 Å². The molecule has 1 atom stereocenters. The molecule has 0 unspecified atom stereocenters. The second-order valence-electron chi connectivity index (χ2n) is 9.98. The van der Waals surface area contributed by atoms with Crippen molar-refractivity contribution < 1.29 is 18.0 Å². The van der Waals surface area contributed by atoms with Gasteiger partial charge in [-0.15, -0.1) is 0 Å². The second-order valence-corrected chi connectivity index (χ2v) is 11.7. The van der Waals surface area contributed by atoms with Gasteiger partial charge >= 0.3 is 0 Å². The molecule has 0 aliphatic carbocycles. The average molecular weight is 512 g/mol. The number of rotatable bonds is 8. The van der Waals surface area contributed by atoms with Crippen LogP contribution in [0.15, 0.2) is 59.5 Å². The minimum absolute atomic E-state index is 0.0910.